The van der Waals surface area contributed by atoms with Gasteiger partial charge in [-0.1, -0.05) is 0 Å². The van der Waals surface area contributed by atoms with Gasteiger partial charge in [0.25, 0.3) is 0 Å². The SMILES string of the molecule is CC(=O)N1C[C@H](F)[C@@H](N2CCc3c(-c4cnc(N)nc4)nc(N4CCOCC4)nc32)C1. The highest BCUT2D eigenvalue weighted by molar-refractivity contribution is 5.75. The summed E-state index contributed by atoms with van der Waals surface area (Å²) >= 11 is 0. The number of halogens is 1. The Morgan fingerprint density at radius 1 is 1.16 bits per heavy atom. The topological polar surface area (TPSA) is 114 Å². The molecule has 0 radical (unpaired) electrons. The standard InChI is InChI=1S/C20H25FN8O2/c1-12(30)28-10-15(21)16(11-28)29-3-2-14-17(13-8-23-19(22)24-9-13)25-20(26-18(14)29)27-4-6-31-7-5-27/h8-9,15-16H,2-7,10-11H2,1H3,(H2,22,23,24)/t15-,16-/m0/s1. The molecule has 2 N–H and O–H groups in total. The minimum absolute atomic E-state index is 0.110. The van der Waals surface area contributed by atoms with E-state index in [1.807, 2.05) is 4.90 Å². The summed E-state index contributed by atoms with van der Waals surface area (Å²) < 4.78 is 20.4. The smallest absolute Gasteiger partial charge is 0.228 e. The van der Waals surface area contributed by atoms with Gasteiger partial charge in [-0.3, -0.25) is 4.79 Å². The second-order valence-electron chi connectivity index (χ2n) is 8.05. The number of nitrogens with zero attached hydrogens (tertiary/aromatic N) is 7. The Balaban J connectivity index is 1.56. The largest absolute Gasteiger partial charge is 0.378 e. The van der Waals surface area contributed by atoms with Crippen LogP contribution < -0.4 is 15.5 Å². The molecule has 5 heterocycles. The molecule has 11 heteroatoms. The Hall–Kier alpha value is -3.08. The van der Waals surface area contributed by atoms with Gasteiger partial charge < -0.3 is 25.2 Å². The maximum Gasteiger partial charge on any atom is 0.228 e. The van der Waals surface area contributed by atoms with Crippen LogP contribution in [0, 0.1) is 0 Å². The number of alkyl halides is 1. The average molecular weight is 428 g/mol. The molecule has 0 aromatic carbocycles. The van der Waals surface area contributed by atoms with Crippen LogP contribution in [0.1, 0.15) is 12.5 Å². The third kappa shape index (κ3) is 3.62. The van der Waals surface area contributed by atoms with E-state index < -0.39 is 12.2 Å². The predicted molar refractivity (Wildman–Crippen MR) is 112 cm³/mol. The van der Waals surface area contributed by atoms with Gasteiger partial charge in [-0.25, -0.2) is 19.3 Å². The van der Waals surface area contributed by atoms with Crippen molar-refractivity contribution in [2.24, 2.45) is 0 Å². The van der Waals surface area contributed by atoms with Crippen molar-refractivity contribution in [2.75, 3.05) is 61.5 Å². The van der Waals surface area contributed by atoms with Gasteiger partial charge in [0.05, 0.1) is 31.5 Å². The summed E-state index contributed by atoms with van der Waals surface area (Å²) in [4.78, 5) is 35.4. The van der Waals surface area contributed by atoms with Gasteiger partial charge in [0.2, 0.25) is 17.8 Å². The summed E-state index contributed by atoms with van der Waals surface area (Å²) in [7, 11) is 0. The number of carbonyl (C=O) groups is 1. The quantitative estimate of drug-likeness (QED) is 0.736. The number of ether oxygens (including phenoxy) is 1. The lowest BCUT2D eigenvalue weighted by Gasteiger charge is -2.30. The molecule has 0 unspecified atom stereocenters. The van der Waals surface area contributed by atoms with Gasteiger partial charge >= 0.3 is 0 Å². The zero-order chi connectivity index (χ0) is 21.5. The number of rotatable bonds is 3. The van der Waals surface area contributed by atoms with Crippen LogP contribution in [0.15, 0.2) is 12.4 Å². The fourth-order valence-corrected chi connectivity index (χ4v) is 4.49. The second-order valence-corrected chi connectivity index (χ2v) is 8.05. The summed E-state index contributed by atoms with van der Waals surface area (Å²) in [6.07, 6.45) is 2.87. The summed E-state index contributed by atoms with van der Waals surface area (Å²) in [5.41, 5.74) is 8.10. The molecule has 0 bridgehead atoms. The Labute approximate surface area is 179 Å². The van der Waals surface area contributed by atoms with Crippen molar-refractivity contribution in [2.45, 2.75) is 25.6 Å². The van der Waals surface area contributed by atoms with E-state index in [0.717, 1.165) is 22.6 Å². The number of aromatic nitrogens is 4. The normalized spacial score (nSPS) is 23.4. The molecule has 0 spiro atoms. The molecular formula is C20H25FN8O2. The zero-order valence-corrected chi connectivity index (χ0v) is 17.4. The minimum atomic E-state index is -1.13. The molecule has 0 aliphatic carbocycles. The van der Waals surface area contributed by atoms with Crippen LogP contribution in [-0.4, -0.2) is 88.9 Å². The first-order valence-corrected chi connectivity index (χ1v) is 10.5. The number of amides is 1. The Morgan fingerprint density at radius 3 is 2.58 bits per heavy atom. The van der Waals surface area contributed by atoms with Crippen LogP contribution >= 0.6 is 0 Å². The number of hydrogen-bond donors (Lipinski definition) is 1. The summed E-state index contributed by atoms with van der Waals surface area (Å²) in [6, 6.07) is -0.423. The predicted octanol–water partition coefficient (Wildman–Crippen LogP) is 0.284. The molecule has 3 aliphatic heterocycles. The third-order valence-electron chi connectivity index (χ3n) is 6.15. The summed E-state index contributed by atoms with van der Waals surface area (Å²) in [6.45, 7) is 5.15. The lowest BCUT2D eigenvalue weighted by Crippen LogP contribution is -2.42. The molecular weight excluding hydrogens is 403 g/mol. The van der Waals surface area contributed by atoms with Crippen molar-refractivity contribution >= 4 is 23.6 Å². The molecule has 2 atom stereocenters. The molecule has 164 valence electrons. The molecule has 2 aromatic rings. The van der Waals surface area contributed by atoms with Gasteiger partial charge in [0, 0.05) is 56.6 Å². The number of hydrogen-bond acceptors (Lipinski definition) is 9. The highest BCUT2D eigenvalue weighted by Crippen LogP contribution is 2.38. The van der Waals surface area contributed by atoms with Crippen molar-refractivity contribution in [3.63, 3.8) is 0 Å². The van der Waals surface area contributed by atoms with Crippen molar-refractivity contribution in [3.8, 4) is 11.3 Å². The van der Waals surface area contributed by atoms with Crippen LogP contribution in [0.2, 0.25) is 0 Å². The van der Waals surface area contributed by atoms with E-state index in [-0.39, 0.29) is 18.4 Å². The Morgan fingerprint density at radius 2 is 1.90 bits per heavy atom. The maximum atomic E-state index is 14.9. The summed E-state index contributed by atoms with van der Waals surface area (Å²) in [5, 5.41) is 0. The van der Waals surface area contributed by atoms with E-state index in [2.05, 4.69) is 14.9 Å². The van der Waals surface area contributed by atoms with Gasteiger partial charge in [0.1, 0.15) is 12.0 Å². The highest BCUT2D eigenvalue weighted by Gasteiger charge is 2.42. The van der Waals surface area contributed by atoms with Gasteiger partial charge in [-0.05, 0) is 6.42 Å². The lowest BCUT2D eigenvalue weighted by molar-refractivity contribution is -0.128. The molecule has 10 nitrogen and oxygen atoms in total. The fourth-order valence-electron chi connectivity index (χ4n) is 4.49. The number of morpholine rings is 1. The molecule has 3 aliphatic rings. The molecule has 2 saturated heterocycles. The number of nitrogen functional groups attached to an aromatic ring is 1. The van der Waals surface area contributed by atoms with E-state index >= 15 is 0 Å². The number of carbonyl (C=O) groups excluding carboxylic acids is 1. The van der Waals surface area contributed by atoms with E-state index in [1.54, 1.807) is 17.3 Å². The first-order valence-electron chi connectivity index (χ1n) is 10.5. The van der Waals surface area contributed by atoms with Crippen LogP contribution in [-0.2, 0) is 16.0 Å². The molecule has 31 heavy (non-hydrogen) atoms. The first kappa shape index (κ1) is 19.9. The lowest BCUT2D eigenvalue weighted by atomic mass is 10.1. The number of anilines is 3. The minimum Gasteiger partial charge on any atom is -0.378 e. The van der Waals surface area contributed by atoms with E-state index in [1.165, 1.54) is 6.92 Å². The molecule has 2 aromatic heterocycles. The zero-order valence-electron chi connectivity index (χ0n) is 17.4. The Kier molecular flexibility index (Phi) is 5.05. The van der Waals surface area contributed by atoms with Gasteiger partial charge in [-0.2, -0.15) is 4.98 Å². The molecule has 1 amide bonds. The van der Waals surface area contributed by atoms with Crippen molar-refractivity contribution in [3.05, 3.63) is 18.0 Å². The third-order valence-corrected chi connectivity index (χ3v) is 6.15. The maximum absolute atomic E-state index is 14.9. The molecule has 0 saturated carbocycles. The van der Waals surface area contributed by atoms with Gasteiger partial charge in [-0.15, -0.1) is 0 Å². The average Bonchev–Trinajstić information content (AvgIpc) is 3.37. The second kappa shape index (κ2) is 7.88. The van der Waals surface area contributed by atoms with Crippen LogP contribution in [0.25, 0.3) is 11.3 Å². The fraction of sp³-hybridized carbons (Fsp3) is 0.550. The first-order chi connectivity index (χ1) is 15.0. The van der Waals surface area contributed by atoms with Crippen LogP contribution in [0.3, 0.4) is 0 Å². The Bertz CT molecular complexity index is 982. The number of likely N-dealkylation sites (tertiary alicyclic amines) is 1. The number of nitrogens with two attached hydrogens (primary N) is 1. The molecule has 2 fully saturated rings. The van der Waals surface area contributed by atoms with Gasteiger partial charge in [0.15, 0.2) is 0 Å². The van der Waals surface area contributed by atoms with Crippen LogP contribution in [0.5, 0.6) is 0 Å². The van der Waals surface area contributed by atoms with Crippen molar-refractivity contribution in [1.82, 2.24) is 24.8 Å². The number of fused-ring (bicyclic) bond motifs is 1. The summed E-state index contributed by atoms with van der Waals surface area (Å²) in [5.74, 6) is 1.39. The highest BCUT2D eigenvalue weighted by atomic mass is 19.1. The van der Waals surface area contributed by atoms with E-state index in [4.69, 9.17) is 20.4 Å². The van der Waals surface area contributed by atoms with Crippen molar-refractivity contribution < 1.29 is 13.9 Å². The van der Waals surface area contributed by atoms with Crippen molar-refractivity contribution in [1.29, 1.82) is 0 Å². The molecule has 5 rings (SSSR count). The van der Waals surface area contributed by atoms with E-state index in [9.17, 15) is 9.18 Å². The monoisotopic (exact) mass is 428 g/mol. The van der Waals surface area contributed by atoms with Crippen LogP contribution in [0.4, 0.5) is 22.1 Å². The van der Waals surface area contributed by atoms with E-state index in [0.29, 0.717) is 51.8 Å².